The van der Waals surface area contributed by atoms with E-state index in [4.69, 9.17) is 23.2 Å². The number of hydrogen-bond acceptors (Lipinski definition) is 2. The summed E-state index contributed by atoms with van der Waals surface area (Å²) in [5.41, 5.74) is 3.02. The second kappa shape index (κ2) is 5.12. The number of pyridine rings is 1. The first kappa shape index (κ1) is 12.9. The van der Waals surface area contributed by atoms with Gasteiger partial charge in [0.1, 0.15) is 0 Å². The van der Waals surface area contributed by atoms with E-state index in [0.717, 1.165) is 24.1 Å². The highest BCUT2D eigenvalue weighted by molar-refractivity contribution is 6.42. The predicted octanol–water partition coefficient (Wildman–Crippen LogP) is 4.15. The van der Waals surface area contributed by atoms with Crippen LogP contribution < -0.4 is 0 Å². The van der Waals surface area contributed by atoms with E-state index in [1.807, 2.05) is 12.1 Å². The summed E-state index contributed by atoms with van der Waals surface area (Å²) < 4.78 is 0. The molecular formula is C15H13Cl2NO. The molecule has 1 heterocycles. The Balaban J connectivity index is 1.93. The number of hydrogen-bond donors (Lipinski definition) is 1. The molecule has 0 saturated heterocycles. The predicted molar refractivity (Wildman–Crippen MR) is 76.7 cm³/mol. The maximum Gasteiger partial charge on any atom is 0.0874 e. The fourth-order valence-electron chi connectivity index (χ4n) is 2.68. The molecule has 0 saturated carbocycles. The van der Waals surface area contributed by atoms with Gasteiger partial charge in [-0.1, -0.05) is 35.3 Å². The highest BCUT2D eigenvalue weighted by atomic mass is 35.5. The van der Waals surface area contributed by atoms with Crippen molar-refractivity contribution in [3.8, 4) is 0 Å². The van der Waals surface area contributed by atoms with Crippen LogP contribution in [0, 0.1) is 0 Å². The Morgan fingerprint density at radius 3 is 2.84 bits per heavy atom. The van der Waals surface area contributed by atoms with Gasteiger partial charge in [0.25, 0.3) is 0 Å². The average molecular weight is 294 g/mol. The van der Waals surface area contributed by atoms with E-state index in [0.29, 0.717) is 10.0 Å². The third-order valence-electron chi connectivity index (χ3n) is 3.67. The molecule has 1 N–H and O–H groups in total. The van der Waals surface area contributed by atoms with Crippen LogP contribution in [0.15, 0.2) is 36.5 Å². The van der Waals surface area contributed by atoms with Crippen LogP contribution in [0.25, 0.3) is 0 Å². The Morgan fingerprint density at radius 1 is 1.21 bits per heavy atom. The van der Waals surface area contributed by atoms with Gasteiger partial charge in [-0.15, -0.1) is 0 Å². The highest BCUT2D eigenvalue weighted by Crippen LogP contribution is 2.41. The summed E-state index contributed by atoms with van der Waals surface area (Å²) in [7, 11) is 0. The van der Waals surface area contributed by atoms with E-state index < -0.39 is 6.10 Å². The van der Waals surface area contributed by atoms with E-state index in [1.165, 1.54) is 5.56 Å². The second-order valence-electron chi connectivity index (χ2n) is 4.81. The van der Waals surface area contributed by atoms with Gasteiger partial charge in [0, 0.05) is 17.8 Å². The normalized spacial score (nSPS) is 19.2. The highest BCUT2D eigenvalue weighted by Gasteiger charge is 2.30. The molecule has 2 atom stereocenters. The second-order valence-corrected chi connectivity index (χ2v) is 5.63. The fourth-order valence-corrected chi connectivity index (χ4v) is 2.99. The number of aliphatic hydroxyl groups excluding tert-OH is 1. The molecule has 98 valence electrons. The molecule has 1 aliphatic rings. The average Bonchev–Trinajstić information content (AvgIpc) is 2.85. The third-order valence-corrected chi connectivity index (χ3v) is 4.41. The first-order valence-corrected chi connectivity index (χ1v) is 6.99. The molecular weight excluding hydrogens is 281 g/mol. The summed E-state index contributed by atoms with van der Waals surface area (Å²) in [5.74, 6) is 0.0356. The van der Waals surface area contributed by atoms with Gasteiger partial charge >= 0.3 is 0 Å². The monoisotopic (exact) mass is 293 g/mol. The van der Waals surface area contributed by atoms with E-state index in [2.05, 4.69) is 11.1 Å². The van der Waals surface area contributed by atoms with E-state index in [1.54, 1.807) is 18.3 Å². The number of fused-ring (bicyclic) bond motifs is 1. The molecule has 2 nitrogen and oxygen atoms in total. The van der Waals surface area contributed by atoms with Gasteiger partial charge < -0.3 is 5.11 Å². The molecule has 3 rings (SSSR count). The van der Waals surface area contributed by atoms with Gasteiger partial charge in [-0.05, 0) is 42.2 Å². The smallest absolute Gasteiger partial charge is 0.0874 e. The molecule has 0 fully saturated rings. The number of halogens is 2. The standard InChI is InChI=1S/C15H13Cl2NO/c16-12-6-4-10(8-13(12)17)15(19)11-5-3-9-2-1-7-18-14(9)11/h1-2,4,6-8,11,15,19H,3,5H2. The first-order valence-electron chi connectivity index (χ1n) is 6.23. The van der Waals surface area contributed by atoms with Crippen LogP contribution in [0.1, 0.15) is 35.3 Å². The van der Waals surface area contributed by atoms with Crippen LogP contribution in [0.4, 0.5) is 0 Å². The lowest BCUT2D eigenvalue weighted by Crippen LogP contribution is -2.09. The van der Waals surface area contributed by atoms with Crippen LogP contribution in [-0.4, -0.2) is 10.1 Å². The molecule has 0 spiro atoms. The Morgan fingerprint density at radius 2 is 2.05 bits per heavy atom. The molecule has 19 heavy (non-hydrogen) atoms. The molecule has 2 unspecified atom stereocenters. The number of aliphatic hydroxyl groups is 1. The lowest BCUT2D eigenvalue weighted by atomic mass is 9.93. The van der Waals surface area contributed by atoms with E-state index in [-0.39, 0.29) is 5.92 Å². The van der Waals surface area contributed by atoms with Crippen LogP contribution >= 0.6 is 23.2 Å². The Labute approximate surface area is 122 Å². The van der Waals surface area contributed by atoms with Crippen LogP contribution in [0.5, 0.6) is 0 Å². The molecule has 0 bridgehead atoms. The van der Waals surface area contributed by atoms with Crippen molar-refractivity contribution < 1.29 is 5.11 Å². The zero-order valence-electron chi connectivity index (χ0n) is 10.2. The topological polar surface area (TPSA) is 33.1 Å². The number of aryl methyl sites for hydroxylation is 1. The molecule has 0 aliphatic heterocycles. The van der Waals surface area contributed by atoms with Crippen LogP contribution in [-0.2, 0) is 6.42 Å². The van der Waals surface area contributed by atoms with Crippen molar-refractivity contribution in [1.82, 2.24) is 4.98 Å². The van der Waals surface area contributed by atoms with Gasteiger partial charge in [-0.3, -0.25) is 4.98 Å². The van der Waals surface area contributed by atoms with Gasteiger partial charge in [-0.25, -0.2) is 0 Å². The minimum atomic E-state index is -0.592. The quantitative estimate of drug-likeness (QED) is 0.902. The van der Waals surface area contributed by atoms with Crippen molar-refractivity contribution in [3.05, 3.63) is 63.4 Å². The van der Waals surface area contributed by atoms with Crippen molar-refractivity contribution in [1.29, 1.82) is 0 Å². The minimum Gasteiger partial charge on any atom is -0.388 e. The van der Waals surface area contributed by atoms with Gasteiger partial charge in [0.05, 0.1) is 16.1 Å². The Hall–Kier alpha value is -1.09. The molecule has 4 heteroatoms. The van der Waals surface area contributed by atoms with Crippen molar-refractivity contribution in [3.63, 3.8) is 0 Å². The van der Waals surface area contributed by atoms with Crippen LogP contribution in [0.3, 0.4) is 0 Å². The largest absolute Gasteiger partial charge is 0.388 e. The van der Waals surface area contributed by atoms with Gasteiger partial charge in [0.15, 0.2) is 0 Å². The molecule has 0 amide bonds. The zero-order chi connectivity index (χ0) is 13.4. The number of nitrogens with zero attached hydrogens (tertiary/aromatic N) is 1. The number of benzene rings is 1. The molecule has 1 aliphatic carbocycles. The summed E-state index contributed by atoms with van der Waals surface area (Å²) in [4.78, 5) is 4.41. The number of rotatable bonds is 2. The fraction of sp³-hybridized carbons (Fsp3) is 0.267. The summed E-state index contributed by atoms with van der Waals surface area (Å²) in [5, 5.41) is 11.5. The summed E-state index contributed by atoms with van der Waals surface area (Å²) in [6.07, 6.45) is 3.06. The lowest BCUT2D eigenvalue weighted by molar-refractivity contribution is 0.143. The Bertz CT molecular complexity index is 615. The molecule has 1 aromatic carbocycles. The maximum absolute atomic E-state index is 10.5. The molecule has 0 radical (unpaired) electrons. The minimum absolute atomic E-state index is 0.0356. The maximum atomic E-state index is 10.5. The van der Waals surface area contributed by atoms with Crippen molar-refractivity contribution >= 4 is 23.2 Å². The van der Waals surface area contributed by atoms with E-state index in [9.17, 15) is 5.11 Å². The van der Waals surface area contributed by atoms with Gasteiger partial charge in [-0.2, -0.15) is 0 Å². The molecule has 1 aromatic heterocycles. The van der Waals surface area contributed by atoms with Gasteiger partial charge in [0.2, 0.25) is 0 Å². The lowest BCUT2D eigenvalue weighted by Gasteiger charge is -2.19. The van der Waals surface area contributed by atoms with Crippen molar-refractivity contribution in [2.45, 2.75) is 24.9 Å². The van der Waals surface area contributed by atoms with Crippen LogP contribution in [0.2, 0.25) is 10.0 Å². The number of aromatic nitrogens is 1. The zero-order valence-corrected chi connectivity index (χ0v) is 11.7. The summed E-state index contributed by atoms with van der Waals surface area (Å²) in [6, 6.07) is 9.28. The SMILES string of the molecule is OC(c1ccc(Cl)c(Cl)c1)C1CCc2cccnc21. The Kier molecular flexibility index (Phi) is 3.48. The first-order chi connectivity index (χ1) is 9.16. The van der Waals surface area contributed by atoms with Crippen molar-refractivity contribution in [2.75, 3.05) is 0 Å². The summed E-state index contributed by atoms with van der Waals surface area (Å²) >= 11 is 11.9. The van der Waals surface area contributed by atoms with E-state index >= 15 is 0 Å². The molecule has 2 aromatic rings. The summed E-state index contributed by atoms with van der Waals surface area (Å²) in [6.45, 7) is 0. The third kappa shape index (κ3) is 2.36. The van der Waals surface area contributed by atoms with Crippen molar-refractivity contribution in [2.24, 2.45) is 0 Å².